The van der Waals surface area contributed by atoms with E-state index in [2.05, 4.69) is 42.0 Å². The second kappa shape index (κ2) is 9.64. The number of likely N-dealkylation sites (tertiary alicyclic amines) is 1. The van der Waals surface area contributed by atoms with Crippen molar-refractivity contribution < 1.29 is 14.7 Å². The maximum Gasteiger partial charge on any atom is 0.274 e. The maximum atomic E-state index is 13.3. The van der Waals surface area contributed by atoms with E-state index in [1.807, 2.05) is 16.7 Å². The van der Waals surface area contributed by atoms with E-state index in [0.717, 1.165) is 43.6 Å². The predicted octanol–water partition coefficient (Wildman–Crippen LogP) is 2.18. The number of nitrogens with zero attached hydrogens (tertiary/aromatic N) is 5. The Kier molecular flexibility index (Phi) is 6.57. The van der Waals surface area contributed by atoms with Gasteiger partial charge in [-0.3, -0.25) is 14.3 Å². The third kappa shape index (κ3) is 4.56. The first-order chi connectivity index (χ1) is 16.8. The number of carbonyl (C=O) groups is 2. The Labute approximate surface area is 207 Å². The average Bonchev–Trinajstić information content (AvgIpc) is 3.46. The summed E-state index contributed by atoms with van der Waals surface area (Å²) in [5.41, 5.74) is 6.41. The van der Waals surface area contributed by atoms with Crippen molar-refractivity contribution in [3.05, 3.63) is 46.3 Å². The lowest BCUT2D eigenvalue weighted by Crippen LogP contribution is -2.50. The number of hydrogen-bond donors (Lipinski definition) is 1. The Hall–Kier alpha value is -2.87. The highest BCUT2D eigenvalue weighted by Gasteiger charge is 2.34. The summed E-state index contributed by atoms with van der Waals surface area (Å²) in [4.78, 5) is 32.6. The van der Waals surface area contributed by atoms with Crippen LogP contribution in [-0.2, 0) is 24.2 Å². The Balaban J connectivity index is 1.25. The number of hydrogen-bond acceptors (Lipinski definition) is 5. The zero-order valence-electron chi connectivity index (χ0n) is 21.2. The highest BCUT2D eigenvalue weighted by Crippen LogP contribution is 2.28. The molecule has 1 aliphatic carbocycles. The molecule has 1 aromatic carbocycles. The Morgan fingerprint density at radius 3 is 2.57 bits per heavy atom. The molecule has 2 amide bonds. The molecule has 2 atom stereocenters. The number of aliphatic hydroxyl groups excluding tert-OH is 1. The van der Waals surface area contributed by atoms with Crippen molar-refractivity contribution in [3.63, 3.8) is 0 Å². The van der Waals surface area contributed by atoms with Crippen molar-refractivity contribution in [3.8, 4) is 0 Å². The Bertz CT molecular complexity index is 1120. The van der Waals surface area contributed by atoms with Crippen LogP contribution in [0.5, 0.6) is 0 Å². The molecule has 188 valence electrons. The molecule has 8 heteroatoms. The van der Waals surface area contributed by atoms with Crippen LogP contribution in [0.15, 0.2) is 18.2 Å². The molecule has 0 spiro atoms. The van der Waals surface area contributed by atoms with Gasteiger partial charge in [0.2, 0.25) is 5.91 Å². The summed E-state index contributed by atoms with van der Waals surface area (Å²) in [7, 11) is 0. The number of aromatic nitrogens is 2. The standard InChI is InChI=1S/C27H37N5O3/c1-18-6-4-8-22(20(18)3)29-12-14-30(15-13-29)25(34)17-32-23-9-5-7-21(23)26(28-32)27(35)31-11-10-24(33)19(2)16-31/h4,6,8,19,24,33H,5,7,9-17H2,1-3H3/t19-,24+/m1/s1. The molecule has 35 heavy (non-hydrogen) atoms. The molecule has 1 aromatic heterocycles. The Morgan fingerprint density at radius 1 is 1.06 bits per heavy atom. The molecule has 2 aromatic rings. The number of amides is 2. The zero-order valence-corrected chi connectivity index (χ0v) is 21.2. The smallest absolute Gasteiger partial charge is 0.274 e. The summed E-state index contributed by atoms with van der Waals surface area (Å²) in [6.07, 6.45) is 2.94. The highest BCUT2D eigenvalue weighted by atomic mass is 16.3. The minimum Gasteiger partial charge on any atom is -0.393 e. The fraction of sp³-hybridized carbons (Fsp3) is 0.593. The lowest BCUT2D eigenvalue weighted by molar-refractivity contribution is -0.132. The normalized spacial score (nSPS) is 22.5. The molecule has 3 aliphatic rings. The zero-order chi connectivity index (χ0) is 24.7. The van der Waals surface area contributed by atoms with Crippen molar-refractivity contribution in [2.75, 3.05) is 44.2 Å². The van der Waals surface area contributed by atoms with E-state index < -0.39 is 0 Å². The van der Waals surface area contributed by atoms with Gasteiger partial charge in [-0.1, -0.05) is 19.1 Å². The number of aryl methyl sites for hydroxylation is 1. The van der Waals surface area contributed by atoms with Crippen LogP contribution in [0.1, 0.15) is 52.6 Å². The van der Waals surface area contributed by atoms with Crippen molar-refractivity contribution in [2.24, 2.45) is 5.92 Å². The summed E-state index contributed by atoms with van der Waals surface area (Å²) in [5, 5.41) is 14.7. The van der Waals surface area contributed by atoms with Crippen molar-refractivity contribution >= 4 is 17.5 Å². The topological polar surface area (TPSA) is 81.9 Å². The lowest BCUT2D eigenvalue weighted by Gasteiger charge is -2.37. The van der Waals surface area contributed by atoms with Gasteiger partial charge in [-0.15, -0.1) is 0 Å². The van der Waals surface area contributed by atoms with Crippen LogP contribution in [0, 0.1) is 19.8 Å². The predicted molar refractivity (Wildman–Crippen MR) is 135 cm³/mol. The first-order valence-electron chi connectivity index (χ1n) is 13.0. The number of carbonyl (C=O) groups excluding carboxylic acids is 2. The van der Waals surface area contributed by atoms with E-state index in [0.29, 0.717) is 38.3 Å². The average molecular weight is 480 g/mol. The van der Waals surface area contributed by atoms with Crippen molar-refractivity contribution in [1.82, 2.24) is 19.6 Å². The minimum atomic E-state index is -0.352. The highest BCUT2D eigenvalue weighted by molar-refractivity contribution is 5.94. The van der Waals surface area contributed by atoms with E-state index in [4.69, 9.17) is 0 Å². The van der Waals surface area contributed by atoms with E-state index in [1.165, 1.54) is 16.8 Å². The van der Waals surface area contributed by atoms with E-state index in [9.17, 15) is 14.7 Å². The van der Waals surface area contributed by atoms with Gasteiger partial charge >= 0.3 is 0 Å². The first kappa shape index (κ1) is 23.9. The van der Waals surface area contributed by atoms with Gasteiger partial charge in [0.25, 0.3) is 5.91 Å². The molecule has 2 fully saturated rings. The summed E-state index contributed by atoms with van der Waals surface area (Å²) in [5.74, 6) is 0.0680. The largest absolute Gasteiger partial charge is 0.393 e. The molecule has 0 unspecified atom stereocenters. The second-order valence-corrected chi connectivity index (χ2v) is 10.5. The monoisotopic (exact) mass is 479 g/mol. The molecule has 8 nitrogen and oxygen atoms in total. The molecule has 3 heterocycles. The molecule has 0 radical (unpaired) electrons. The first-order valence-corrected chi connectivity index (χ1v) is 13.0. The van der Waals surface area contributed by atoms with Gasteiger partial charge in [-0.25, -0.2) is 0 Å². The molecular formula is C27H37N5O3. The number of piperidine rings is 1. The molecule has 5 rings (SSSR count). The van der Waals surface area contributed by atoms with Gasteiger partial charge in [0.15, 0.2) is 5.69 Å². The second-order valence-electron chi connectivity index (χ2n) is 10.5. The molecule has 0 saturated carbocycles. The van der Waals surface area contributed by atoms with Crippen LogP contribution in [0.3, 0.4) is 0 Å². The van der Waals surface area contributed by atoms with Crippen LogP contribution in [-0.4, -0.2) is 81.9 Å². The van der Waals surface area contributed by atoms with Crippen LogP contribution in [0.4, 0.5) is 5.69 Å². The number of benzene rings is 1. The molecule has 1 N–H and O–H groups in total. The Morgan fingerprint density at radius 2 is 1.83 bits per heavy atom. The van der Waals surface area contributed by atoms with Crippen LogP contribution in [0.2, 0.25) is 0 Å². The summed E-state index contributed by atoms with van der Waals surface area (Å²) >= 11 is 0. The number of piperazine rings is 1. The lowest BCUT2D eigenvalue weighted by atomic mass is 9.96. The van der Waals surface area contributed by atoms with Gasteiger partial charge in [0.05, 0.1) is 6.10 Å². The third-order valence-electron chi connectivity index (χ3n) is 8.19. The van der Waals surface area contributed by atoms with E-state index >= 15 is 0 Å². The molecular weight excluding hydrogens is 442 g/mol. The summed E-state index contributed by atoms with van der Waals surface area (Å²) < 4.78 is 1.79. The van der Waals surface area contributed by atoms with Crippen LogP contribution < -0.4 is 4.90 Å². The summed E-state index contributed by atoms with van der Waals surface area (Å²) in [6, 6.07) is 6.39. The van der Waals surface area contributed by atoms with Gasteiger partial charge < -0.3 is 19.8 Å². The SMILES string of the molecule is Cc1cccc(N2CCN(C(=O)Cn3nc(C(=O)N4CC[C@H](O)[C@H](C)C4)c4c3CCC4)CC2)c1C. The molecule has 0 bridgehead atoms. The number of rotatable bonds is 4. The van der Waals surface area contributed by atoms with E-state index in [1.54, 1.807) is 4.68 Å². The quantitative estimate of drug-likeness (QED) is 0.727. The fourth-order valence-corrected chi connectivity index (χ4v) is 5.78. The van der Waals surface area contributed by atoms with Crippen LogP contribution in [0.25, 0.3) is 0 Å². The molecule has 2 aliphatic heterocycles. The fourth-order valence-electron chi connectivity index (χ4n) is 5.78. The van der Waals surface area contributed by atoms with Gasteiger partial charge in [-0.2, -0.15) is 5.10 Å². The van der Waals surface area contributed by atoms with Gasteiger partial charge in [-0.05, 0) is 62.6 Å². The van der Waals surface area contributed by atoms with E-state index in [-0.39, 0.29) is 30.4 Å². The number of fused-ring (bicyclic) bond motifs is 1. The minimum absolute atomic E-state index is 0.0600. The molecule has 2 saturated heterocycles. The summed E-state index contributed by atoms with van der Waals surface area (Å²) in [6.45, 7) is 10.6. The van der Waals surface area contributed by atoms with Gasteiger partial charge in [0, 0.05) is 56.2 Å². The number of anilines is 1. The van der Waals surface area contributed by atoms with Crippen LogP contribution >= 0.6 is 0 Å². The number of aliphatic hydroxyl groups is 1. The van der Waals surface area contributed by atoms with Crippen molar-refractivity contribution in [1.29, 1.82) is 0 Å². The maximum absolute atomic E-state index is 13.3. The van der Waals surface area contributed by atoms with Crippen molar-refractivity contribution in [2.45, 2.75) is 59.1 Å². The third-order valence-corrected chi connectivity index (χ3v) is 8.19. The van der Waals surface area contributed by atoms with Gasteiger partial charge in [0.1, 0.15) is 6.54 Å².